The number of esters is 2. The fraction of sp³-hybridized carbons (Fsp3) is 0.250. The molecule has 8 nitrogen and oxygen atoms in total. The Balaban J connectivity index is 2.19. The zero-order valence-electron chi connectivity index (χ0n) is 16.0. The second-order valence-corrected chi connectivity index (χ2v) is 5.71. The summed E-state index contributed by atoms with van der Waals surface area (Å²) in [5.41, 5.74) is 0.429. The molecule has 0 saturated heterocycles. The first-order valence-electron chi connectivity index (χ1n) is 8.31. The maximum Gasteiger partial charge on any atom is 0.337 e. The molecule has 148 valence electrons. The average molecular weight is 387 g/mol. The molecular weight excluding hydrogens is 366 g/mol. The highest BCUT2D eigenvalue weighted by molar-refractivity contribution is 6.00. The molecule has 0 aliphatic rings. The molecular formula is C20H21NO7. The third kappa shape index (κ3) is 5.23. The normalized spacial score (nSPS) is 11.1. The molecule has 8 heteroatoms. The molecule has 28 heavy (non-hydrogen) atoms. The van der Waals surface area contributed by atoms with E-state index in [1.165, 1.54) is 39.5 Å². The molecule has 0 aliphatic carbocycles. The predicted octanol–water partition coefficient (Wildman–Crippen LogP) is 2.67. The van der Waals surface area contributed by atoms with Crippen LogP contribution in [0.5, 0.6) is 11.5 Å². The summed E-state index contributed by atoms with van der Waals surface area (Å²) in [6, 6.07) is 11.0. The number of carbonyl (C=O) groups is 3. The van der Waals surface area contributed by atoms with Gasteiger partial charge in [-0.1, -0.05) is 6.07 Å². The molecule has 1 N–H and O–H groups in total. The number of amides is 1. The number of rotatable bonds is 7. The standard InChI is InChI=1S/C20H21NO7/c1-12(28-17-7-5-6-16(11-17)25-2)18(22)21-15-9-13(19(23)26-3)8-14(10-15)20(24)27-4/h5-12H,1-4H3,(H,21,22)/t12-/m0/s1. The first-order chi connectivity index (χ1) is 13.4. The van der Waals surface area contributed by atoms with Gasteiger partial charge in [-0.2, -0.15) is 0 Å². The van der Waals surface area contributed by atoms with Crippen LogP contribution in [-0.4, -0.2) is 45.3 Å². The zero-order valence-corrected chi connectivity index (χ0v) is 16.0. The molecule has 0 aromatic heterocycles. The van der Waals surface area contributed by atoms with E-state index in [4.69, 9.17) is 9.47 Å². The molecule has 0 heterocycles. The first kappa shape index (κ1) is 20.8. The summed E-state index contributed by atoms with van der Waals surface area (Å²) < 4.78 is 20.1. The van der Waals surface area contributed by atoms with E-state index in [0.717, 1.165) is 0 Å². The molecule has 0 aliphatic heterocycles. The number of benzene rings is 2. The van der Waals surface area contributed by atoms with Gasteiger partial charge in [-0.25, -0.2) is 9.59 Å². The number of anilines is 1. The van der Waals surface area contributed by atoms with Crippen LogP contribution in [0.3, 0.4) is 0 Å². The lowest BCUT2D eigenvalue weighted by Gasteiger charge is -2.16. The van der Waals surface area contributed by atoms with E-state index < -0.39 is 23.9 Å². The smallest absolute Gasteiger partial charge is 0.337 e. The highest BCUT2D eigenvalue weighted by Crippen LogP contribution is 2.21. The molecule has 2 rings (SSSR count). The first-order valence-corrected chi connectivity index (χ1v) is 8.31. The Kier molecular flexibility index (Phi) is 6.97. The fourth-order valence-electron chi connectivity index (χ4n) is 2.35. The Morgan fingerprint density at radius 1 is 0.857 bits per heavy atom. The van der Waals surface area contributed by atoms with Crippen LogP contribution in [-0.2, 0) is 14.3 Å². The molecule has 0 spiro atoms. The van der Waals surface area contributed by atoms with Gasteiger partial charge >= 0.3 is 11.9 Å². The molecule has 0 bridgehead atoms. The summed E-state index contributed by atoms with van der Waals surface area (Å²) in [5, 5.41) is 2.62. The highest BCUT2D eigenvalue weighted by atomic mass is 16.5. The van der Waals surface area contributed by atoms with E-state index in [9.17, 15) is 14.4 Å². The van der Waals surface area contributed by atoms with E-state index in [2.05, 4.69) is 14.8 Å². The number of methoxy groups -OCH3 is 3. The summed E-state index contributed by atoms with van der Waals surface area (Å²) in [7, 11) is 3.97. The van der Waals surface area contributed by atoms with E-state index in [-0.39, 0.29) is 16.8 Å². The summed E-state index contributed by atoms with van der Waals surface area (Å²) in [5.74, 6) is -0.719. The van der Waals surface area contributed by atoms with E-state index in [0.29, 0.717) is 11.5 Å². The van der Waals surface area contributed by atoms with Crippen LogP contribution in [0.15, 0.2) is 42.5 Å². The largest absolute Gasteiger partial charge is 0.497 e. The minimum absolute atomic E-state index is 0.0991. The van der Waals surface area contributed by atoms with Gasteiger partial charge < -0.3 is 24.3 Å². The molecule has 1 amide bonds. The van der Waals surface area contributed by atoms with Gasteiger partial charge in [0, 0.05) is 11.8 Å². The van der Waals surface area contributed by atoms with Crippen LogP contribution < -0.4 is 14.8 Å². The summed E-state index contributed by atoms with van der Waals surface area (Å²) in [6.07, 6.45) is -0.851. The Bertz CT molecular complexity index is 844. The number of carbonyl (C=O) groups excluding carboxylic acids is 3. The van der Waals surface area contributed by atoms with E-state index >= 15 is 0 Å². The molecule has 2 aromatic rings. The molecule has 0 saturated carbocycles. The average Bonchev–Trinajstić information content (AvgIpc) is 2.72. The topological polar surface area (TPSA) is 100 Å². The van der Waals surface area contributed by atoms with Gasteiger partial charge in [0.2, 0.25) is 0 Å². The number of ether oxygens (including phenoxy) is 4. The number of hydrogen-bond acceptors (Lipinski definition) is 7. The number of hydrogen-bond donors (Lipinski definition) is 1. The van der Waals surface area contributed by atoms with Gasteiger partial charge in [0.05, 0.1) is 32.5 Å². The van der Waals surface area contributed by atoms with Crippen LogP contribution in [0.2, 0.25) is 0 Å². The summed E-state index contributed by atoms with van der Waals surface area (Å²) in [4.78, 5) is 36.1. The van der Waals surface area contributed by atoms with Crippen LogP contribution in [0.25, 0.3) is 0 Å². The van der Waals surface area contributed by atoms with Crippen LogP contribution in [0.1, 0.15) is 27.6 Å². The molecule has 2 aromatic carbocycles. The maximum atomic E-state index is 12.5. The summed E-state index contributed by atoms with van der Waals surface area (Å²) in [6.45, 7) is 1.57. The lowest BCUT2D eigenvalue weighted by atomic mass is 10.1. The van der Waals surface area contributed by atoms with Gasteiger partial charge in [-0.3, -0.25) is 4.79 Å². The third-order valence-corrected chi connectivity index (χ3v) is 3.77. The van der Waals surface area contributed by atoms with Crippen molar-refractivity contribution in [2.24, 2.45) is 0 Å². The van der Waals surface area contributed by atoms with Crippen molar-refractivity contribution in [3.8, 4) is 11.5 Å². The van der Waals surface area contributed by atoms with E-state index in [1.54, 1.807) is 31.2 Å². The van der Waals surface area contributed by atoms with Gasteiger partial charge in [0.1, 0.15) is 11.5 Å². The second-order valence-electron chi connectivity index (χ2n) is 5.71. The van der Waals surface area contributed by atoms with Crippen molar-refractivity contribution < 1.29 is 33.3 Å². The fourth-order valence-corrected chi connectivity index (χ4v) is 2.35. The van der Waals surface area contributed by atoms with Gasteiger partial charge in [-0.05, 0) is 37.3 Å². The van der Waals surface area contributed by atoms with Crippen molar-refractivity contribution >= 4 is 23.5 Å². The van der Waals surface area contributed by atoms with E-state index in [1.807, 2.05) is 0 Å². The zero-order chi connectivity index (χ0) is 20.7. The van der Waals surface area contributed by atoms with Gasteiger partial charge in [0.25, 0.3) is 5.91 Å². The van der Waals surface area contributed by atoms with Crippen molar-refractivity contribution in [1.29, 1.82) is 0 Å². The third-order valence-electron chi connectivity index (χ3n) is 3.77. The summed E-state index contributed by atoms with van der Waals surface area (Å²) >= 11 is 0. The quantitative estimate of drug-likeness (QED) is 0.729. The van der Waals surface area contributed by atoms with Crippen molar-refractivity contribution in [3.05, 3.63) is 53.6 Å². The van der Waals surface area contributed by atoms with Crippen molar-refractivity contribution in [3.63, 3.8) is 0 Å². The SMILES string of the molecule is COC(=O)c1cc(NC(=O)[C@H](C)Oc2cccc(OC)c2)cc(C(=O)OC)c1. The number of nitrogens with one attached hydrogen (secondary N) is 1. The predicted molar refractivity (Wildman–Crippen MR) is 101 cm³/mol. The minimum Gasteiger partial charge on any atom is -0.497 e. The minimum atomic E-state index is -0.851. The Morgan fingerprint density at radius 2 is 1.43 bits per heavy atom. The molecule has 1 atom stereocenters. The van der Waals surface area contributed by atoms with Crippen molar-refractivity contribution in [2.75, 3.05) is 26.6 Å². The van der Waals surface area contributed by atoms with Crippen molar-refractivity contribution in [1.82, 2.24) is 0 Å². The molecule has 0 radical (unpaired) electrons. The van der Waals surface area contributed by atoms with Gasteiger partial charge in [-0.15, -0.1) is 0 Å². The molecule has 0 unspecified atom stereocenters. The van der Waals surface area contributed by atoms with Gasteiger partial charge in [0.15, 0.2) is 6.10 Å². The highest BCUT2D eigenvalue weighted by Gasteiger charge is 2.18. The second kappa shape index (κ2) is 9.40. The maximum absolute atomic E-state index is 12.5. The Morgan fingerprint density at radius 3 is 1.96 bits per heavy atom. The van der Waals surface area contributed by atoms with Crippen LogP contribution >= 0.6 is 0 Å². The lowest BCUT2D eigenvalue weighted by molar-refractivity contribution is -0.122. The Labute approximate surface area is 162 Å². The van der Waals surface area contributed by atoms with Crippen LogP contribution in [0.4, 0.5) is 5.69 Å². The van der Waals surface area contributed by atoms with Crippen molar-refractivity contribution in [2.45, 2.75) is 13.0 Å². The Hall–Kier alpha value is -3.55. The lowest BCUT2D eigenvalue weighted by Crippen LogP contribution is -2.30. The monoisotopic (exact) mass is 387 g/mol. The van der Waals surface area contributed by atoms with Crippen LogP contribution in [0, 0.1) is 0 Å². The molecule has 0 fully saturated rings.